The Bertz CT molecular complexity index is 1080. The molecule has 0 aliphatic heterocycles. The lowest BCUT2D eigenvalue weighted by molar-refractivity contribution is 0.582. The molecule has 0 fully saturated rings. The number of hydrogen-bond acceptors (Lipinski definition) is 2. The minimum Gasteiger partial charge on any atom is -0.207 e. The minimum atomic E-state index is -4.33. The zero-order valence-electron chi connectivity index (χ0n) is 14.5. The lowest BCUT2D eigenvalue weighted by Crippen LogP contribution is -2.10. The van der Waals surface area contributed by atoms with Crippen LogP contribution in [0.2, 0.25) is 0 Å². The maximum Gasteiger partial charge on any atom is 0.282 e. The molecule has 0 unspecified atom stereocenters. The topological polar surface area (TPSA) is 46.5 Å². The SMILES string of the molecule is Cc1ccc(S(=O)(=O)N=C(c2cc(F)cc(F)c2)c2cc(F)cc(F)c2)cc1. The van der Waals surface area contributed by atoms with Crippen LogP contribution in [-0.2, 0) is 10.0 Å². The van der Waals surface area contributed by atoms with Gasteiger partial charge in [-0.2, -0.15) is 12.8 Å². The van der Waals surface area contributed by atoms with Crippen molar-refractivity contribution >= 4 is 15.7 Å². The van der Waals surface area contributed by atoms with Crippen molar-refractivity contribution in [2.24, 2.45) is 4.40 Å². The van der Waals surface area contributed by atoms with Crippen molar-refractivity contribution in [1.82, 2.24) is 0 Å². The summed E-state index contributed by atoms with van der Waals surface area (Å²) in [6.07, 6.45) is 0. The van der Waals surface area contributed by atoms with Crippen molar-refractivity contribution in [2.45, 2.75) is 11.8 Å². The highest BCUT2D eigenvalue weighted by Gasteiger charge is 2.19. The molecule has 0 radical (unpaired) electrons. The molecule has 8 heteroatoms. The maximum absolute atomic E-state index is 13.7. The van der Waals surface area contributed by atoms with Gasteiger partial charge < -0.3 is 0 Å². The first kappa shape index (κ1) is 19.8. The predicted octanol–water partition coefficient (Wildman–Crippen LogP) is 4.78. The Labute approximate surface area is 159 Å². The lowest BCUT2D eigenvalue weighted by Gasteiger charge is -2.09. The van der Waals surface area contributed by atoms with Crippen LogP contribution in [0.1, 0.15) is 16.7 Å². The predicted molar refractivity (Wildman–Crippen MR) is 96.7 cm³/mol. The molecule has 0 aromatic heterocycles. The van der Waals surface area contributed by atoms with Gasteiger partial charge in [-0.3, -0.25) is 0 Å². The van der Waals surface area contributed by atoms with E-state index >= 15 is 0 Å². The molecule has 0 aliphatic rings. The van der Waals surface area contributed by atoms with Crippen LogP contribution < -0.4 is 0 Å². The summed E-state index contributed by atoms with van der Waals surface area (Å²) < 4.78 is 83.7. The van der Waals surface area contributed by atoms with E-state index in [1.807, 2.05) is 0 Å². The Balaban J connectivity index is 2.26. The molecule has 3 aromatic rings. The van der Waals surface area contributed by atoms with Crippen LogP contribution in [0.25, 0.3) is 0 Å². The van der Waals surface area contributed by atoms with Gasteiger partial charge in [-0.1, -0.05) is 17.7 Å². The highest BCUT2D eigenvalue weighted by molar-refractivity contribution is 7.90. The Morgan fingerprint density at radius 3 is 1.50 bits per heavy atom. The van der Waals surface area contributed by atoms with Crippen LogP contribution >= 0.6 is 0 Å². The highest BCUT2D eigenvalue weighted by Crippen LogP contribution is 2.21. The molecule has 28 heavy (non-hydrogen) atoms. The van der Waals surface area contributed by atoms with Crippen molar-refractivity contribution in [3.63, 3.8) is 0 Å². The third-order valence-electron chi connectivity index (χ3n) is 3.80. The second-order valence-electron chi connectivity index (χ2n) is 6.04. The van der Waals surface area contributed by atoms with Gasteiger partial charge in [0.15, 0.2) is 0 Å². The molecule has 3 nitrogen and oxygen atoms in total. The fraction of sp³-hybridized carbons (Fsp3) is 0.0500. The van der Waals surface area contributed by atoms with Crippen LogP contribution in [0.5, 0.6) is 0 Å². The van der Waals surface area contributed by atoms with Crippen molar-refractivity contribution in [1.29, 1.82) is 0 Å². The molecule has 0 atom stereocenters. The average molecular weight is 407 g/mol. The molecular formula is C20H13F4NO2S. The number of benzene rings is 3. The standard InChI is InChI=1S/C20H13F4NO2S/c1-12-2-4-19(5-3-12)28(26,27)25-20(13-6-15(21)10-16(22)7-13)14-8-17(23)11-18(24)9-14/h2-11H,1H3. The van der Waals surface area contributed by atoms with E-state index in [2.05, 4.69) is 4.40 Å². The van der Waals surface area contributed by atoms with Crippen molar-refractivity contribution in [3.05, 3.63) is 101 Å². The van der Waals surface area contributed by atoms with Crippen LogP contribution in [0.3, 0.4) is 0 Å². The van der Waals surface area contributed by atoms with E-state index in [9.17, 15) is 26.0 Å². The van der Waals surface area contributed by atoms with E-state index in [4.69, 9.17) is 0 Å². The first-order valence-corrected chi connectivity index (χ1v) is 9.43. The van der Waals surface area contributed by atoms with E-state index in [1.54, 1.807) is 19.1 Å². The summed E-state index contributed by atoms with van der Waals surface area (Å²) in [7, 11) is -4.33. The minimum absolute atomic E-state index is 0.177. The van der Waals surface area contributed by atoms with Crippen LogP contribution in [0.4, 0.5) is 17.6 Å². The van der Waals surface area contributed by atoms with Crippen molar-refractivity contribution in [2.75, 3.05) is 0 Å². The third kappa shape index (κ3) is 4.45. The van der Waals surface area contributed by atoms with E-state index in [0.29, 0.717) is 12.1 Å². The largest absolute Gasteiger partial charge is 0.282 e. The molecule has 0 saturated carbocycles. The molecule has 0 amide bonds. The number of halogens is 4. The molecule has 144 valence electrons. The van der Waals surface area contributed by atoms with Crippen LogP contribution in [0.15, 0.2) is 70.0 Å². The van der Waals surface area contributed by atoms with Gasteiger partial charge in [0, 0.05) is 23.3 Å². The molecule has 0 spiro atoms. The monoisotopic (exact) mass is 407 g/mol. The van der Waals surface area contributed by atoms with Gasteiger partial charge in [-0.05, 0) is 43.3 Å². The summed E-state index contributed by atoms with van der Waals surface area (Å²) in [6, 6.07) is 10.2. The molecule has 0 heterocycles. The summed E-state index contributed by atoms with van der Waals surface area (Å²) in [5.41, 5.74) is -0.240. The van der Waals surface area contributed by atoms with E-state index in [0.717, 1.165) is 29.8 Å². The zero-order valence-corrected chi connectivity index (χ0v) is 15.3. The third-order valence-corrected chi connectivity index (χ3v) is 5.09. The fourth-order valence-electron chi connectivity index (χ4n) is 2.54. The second kappa shape index (κ2) is 7.55. The van der Waals surface area contributed by atoms with Crippen molar-refractivity contribution < 1.29 is 26.0 Å². The number of rotatable bonds is 4. The number of hydrogen-bond donors (Lipinski definition) is 0. The van der Waals surface area contributed by atoms with Gasteiger partial charge in [-0.15, -0.1) is 0 Å². The zero-order chi connectivity index (χ0) is 20.5. The molecular weight excluding hydrogens is 394 g/mol. The quantitative estimate of drug-likeness (QED) is 0.462. The Morgan fingerprint density at radius 1 is 0.714 bits per heavy atom. The van der Waals surface area contributed by atoms with Gasteiger partial charge in [0.05, 0.1) is 10.6 Å². The summed E-state index contributed by atoms with van der Waals surface area (Å²) in [6.45, 7) is 1.76. The fourth-order valence-corrected chi connectivity index (χ4v) is 3.57. The van der Waals surface area contributed by atoms with Gasteiger partial charge in [0.25, 0.3) is 10.0 Å². The number of sulfonamides is 1. The number of aryl methyl sites for hydroxylation is 1. The molecule has 0 N–H and O–H groups in total. The van der Waals surface area contributed by atoms with Crippen LogP contribution in [-0.4, -0.2) is 14.1 Å². The normalized spacial score (nSPS) is 11.3. The van der Waals surface area contributed by atoms with E-state index in [1.165, 1.54) is 12.1 Å². The summed E-state index contributed by atoms with van der Waals surface area (Å²) in [5, 5.41) is 0. The molecule has 0 aliphatic carbocycles. The Morgan fingerprint density at radius 2 is 1.11 bits per heavy atom. The van der Waals surface area contributed by atoms with Gasteiger partial charge >= 0.3 is 0 Å². The second-order valence-corrected chi connectivity index (χ2v) is 7.65. The first-order valence-electron chi connectivity index (χ1n) is 7.99. The summed E-state index contributed by atoms with van der Waals surface area (Å²) in [4.78, 5) is -0.177. The first-order chi connectivity index (χ1) is 13.1. The summed E-state index contributed by atoms with van der Waals surface area (Å²) in [5.74, 6) is -3.97. The van der Waals surface area contributed by atoms with Gasteiger partial charge in [0.2, 0.25) is 0 Å². The molecule has 0 bridgehead atoms. The molecule has 0 saturated heterocycles. The lowest BCUT2D eigenvalue weighted by atomic mass is 10.0. The highest BCUT2D eigenvalue weighted by atomic mass is 32.2. The average Bonchev–Trinajstić information content (AvgIpc) is 2.58. The number of nitrogens with zero attached hydrogens (tertiary/aromatic N) is 1. The maximum atomic E-state index is 13.7. The van der Waals surface area contributed by atoms with Crippen molar-refractivity contribution in [3.8, 4) is 0 Å². The van der Waals surface area contributed by atoms with Crippen LogP contribution in [0, 0.1) is 30.2 Å². The molecule has 3 aromatic carbocycles. The Hall–Kier alpha value is -3.00. The van der Waals surface area contributed by atoms with E-state index < -0.39 is 39.0 Å². The van der Waals surface area contributed by atoms with E-state index in [-0.39, 0.29) is 16.0 Å². The molecule has 3 rings (SSSR count). The van der Waals surface area contributed by atoms with Gasteiger partial charge in [-0.25, -0.2) is 17.6 Å². The summed E-state index contributed by atoms with van der Waals surface area (Å²) >= 11 is 0. The van der Waals surface area contributed by atoms with Gasteiger partial charge in [0.1, 0.15) is 23.3 Å². The smallest absolute Gasteiger partial charge is 0.207 e. The Kier molecular flexibility index (Phi) is 5.33.